The lowest BCUT2D eigenvalue weighted by Crippen LogP contribution is -2.32. The molecule has 180 valence electrons. The number of amides is 2. The summed E-state index contributed by atoms with van der Waals surface area (Å²) in [5.74, 6) is 0.152. The lowest BCUT2D eigenvalue weighted by Gasteiger charge is -2.15. The quantitative estimate of drug-likeness (QED) is 0.462. The first-order valence-corrected chi connectivity index (χ1v) is 13.2. The van der Waals surface area contributed by atoms with Crippen molar-refractivity contribution in [3.8, 4) is 0 Å². The number of ether oxygens (including phenoxy) is 1. The Labute approximate surface area is 204 Å². The fourth-order valence-electron chi connectivity index (χ4n) is 4.93. The highest BCUT2D eigenvalue weighted by Gasteiger charge is 2.27. The summed E-state index contributed by atoms with van der Waals surface area (Å²) in [4.78, 5) is 27.5. The Balaban J connectivity index is 1.35. The van der Waals surface area contributed by atoms with Gasteiger partial charge >= 0.3 is 0 Å². The molecule has 2 amide bonds. The molecule has 3 aromatic rings. The molecule has 7 heteroatoms. The summed E-state index contributed by atoms with van der Waals surface area (Å²) in [7, 11) is 0. The van der Waals surface area contributed by atoms with Crippen molar-refractivity contribution < 1.29 is 18.7 Å². The van der Waals surface area contributed by atoms with E-state index in [0.717, 1.165) is 67.2 Å². The summed E-state index contributed by atoms with van der Waals surface area (Å²) in [5, 5.41) is 7.75. The normalized spacial score (nSPS) is 17.8. The van der Waals surface area contributed by atoms with Gasteiger partial charge in [-0.2, -0.15) is 0 Å². The number of thiophene rings is 1. The monoisotopic (exact) mass is 480 g/mol. The third-order valence-corrected chi connectivity index (χ3v) is 8.07. The summed E-state index contributed by atoms with van der Waals surface area (Å²) in [5.41, 5.74) is 4.61. The number of rotatable bonds is 7. The van der Waals surface area contributed by atoms with Crippen LogP contribution < -0.4 is 10.6 Å². The van der Waals surface area contributed by atoms with Crippen molar-refractivity contribution in [1.29, 1.82) is 0 Å². The van der Waals surface area contributed by atoms with Crippen LogP contribution in [-0.4, -0.2) is 31.1 Å². The van der Waals surface area contributed by atoms with Crippen LogP contribution in [0.4, 0.5) is 5.00 Å². The lowest BCUT2D eigenvalue weighted by molar-refractivity contribution is -0.115. The topological polar surface area (TPSA) is 80.6 Å². The van der Waals surface area contributed by atoms with Gasteiger partial charge in [-0.15, -0.1) is 11.3 Å². The minimum Gasteiger partial charge on any atom is -0.464 e. The second-order valence-corrected chi connectivity index (χ2v) is 10.8. The highest BCUT2D eigenvalue weighted by molar-refractivity contribution is 7.17. The van der Waals surface area contributed by atoms with E-state index in [4.69, 9.17) is 9.15 Å². The van der Waals surface area contributed by atoms with Gasteiger partial charge < -0.3 is 19.8 Å². The van der Waals surface area contributed by atoms with Crippen molar-refractivity contribution >= 4 is 39.1 Å². The SMILES string of the molecule is CC(C)c1ccc2occ(CC(=O)Nc3sc4c(c3C(=O)NCC3CCCO3)CCCC4)c2c1. The number of fused-ring (bicyclic) bond motifs is 2. The largest absolute Gasteiger partial charge is 0.464 e. The Morgan fingerprint density at radius 1 is 1.18 bits per heavy atom. The van der Waals surface area contributed by atoms with E-state index >= 15 is 0 Å². The minimum absolute atomic E-state index is 0.0848. The van der Waals surface area contributed by atoms with Crippen LogP contribution in [-0.2, 0) is 28.8 Å². The van der Waals surface area contributed by atoms with Crippen LogP contribution in [0.2, 0.25) is 0 Å². The van der Waals surface area contributed by atoms with Gasteiger partial charge in [-0.25, -0.2) is 0 Å². The van der Waals surface area contributed by atoms with E-state index in [1.807, 2.05) is 6.07 Å². The van der Waals surface area contributed by atoms with Crippen molar-refractivity contribution in [3.05, 3.63) is 51.6 Å². The number of hydrogen-bond acceptors (Lipinski definition) is 5. The first-order valence-electron chi connectivity index (χ1n) is 12.3. The van der Waals surface area contributed by atoms with Gasteiger partial charge in [-0.1, -0.05) is 19.9 Å². The van der Waals surface area contributed by atoms with E-state index in [9.17, 15) is 9.59 Å². The molecular formula is C27H32N2O4S. The Kier molecular flexibility index (Phi) is 6.75. The molecule has 1 aliphatic carbocycles. The van der Waals surface area contributed by atoms with E-state index in [2.05, 4.69) is 36.6 Å². The molecule has 1 atom stereocenters. The second-order valence-electron chi connectivity index (χ2n) is 9.66. The van der Waals surface area contributed by atoms with E-state index in [-0.39, 0.29) is 24.3 Å². The average molecular weight is 481 g/mol. The van der Waals surface area contributed by atoms with Crippen molar-refractivity contribution in [2.75, 3.05) is 18.5 Å². The Morgan fingerprint density at radius 2 is 2.03 bits per heavy atom. The number of anilines is 1. The lowest BCUT2D eigenvalue weighted by atomic mass is 9.95. The highest BCUT2D eigenvalue weighted by Crippen LogP contribution is 2.38. The number of hydrogen-bond donors (Lipinski definition) is 2. The molecule has 1 fully saturated rings. The molecule has 1 aromatic carbocycles. The molecule has 1 unspecified atom stereocenters. The highest BCUT2D eigenvalue weighted by atomic mass is 32.1. The Morgan fingerprint density at radius 3 is 2.82 bits per heavy atom. The molecule has 2 aromatic heterocycles. The van der Waals surface area contributed by atoms with Gasteiger partial charge in [0.2, 0.25) is 5.91 Å². The Bertz CT molecular complexity index is 1200. The fourth-order valence-corrected chi connectivity index (χ4v) is 6.24. The molecule has 1 saturated heterocycles. The maximum absolute atomic E-state index is 13.2. The molecular weight excluding hydrogens is 448 g/mol. The van der Waals surface area contributed by atoms with Crippen LogP contribution >= 0.6 is 11.3 Å². The minimum atomic E-state index is -0.135. The number of aryl methyl sites for hydroxylation is 1. The zero-order valence-electron chi connectivity index (χ0n) is 19.9. The summed E-state index contributed by atoms with van der Waals surface area (Å²) in [6, 6.07) is 6.15. The van der Waals surface area contributed by atoms with Gasteiger partial charge in [-0.3, -0.25) is 9.59 Å². The molecule has 2 N–H and O–H groups in total. The van der Waals surface area contributed by atoms with Crippen LogP contribution in [0, 0.1) is 0 Å². The number of carbonyl (C=O) groups excluding carboxylic acids is 2. The van der Waals surface area contributed by atoms with Crippen molar-refractivity contribution in [3.63, 3.8) is 0 Å². The van der Waals surface area contributed by atoms with Crippen LogP contribution in [0.15, 0.2) is 28.9 Å². The van der Waals surface area contributed by atoms with Crippen molar-refractivity contribution in [1.82, 2.24) is 5.32 Å². The summed E-state index contributed by atoms with van der Waals surface area (Å²) >= 11 is 1.55. The van der Waals surface area contributed by atoms with Gasteiger partial charge in [0, 0.05) is 29.0 Å². The second kappa shape index (κ2) is 9.92. The molecule has 1 aliphatic heterocycles. The van der Waals surface area contributed by atoms with Crippen molar-refractivity contribution in [2.24, 2.45) is 0 Å². The zero-order valence-corrected chi connectivity index (χ0v) is 20.7. The fraction of sp³-hybridized carbons (Fsp3) is 0.481. The predicted molar refractivity (Wildman–Crippen MR) is 135 cm³/mol. The van der Waals surface area contributed by atoms with E-state index in [0.29, 0.717) is 23.0 Å². The molecule has 2 aliphatic rings. The van der Waals surface area contributed by atoms with Gasteiger partial charge in [-0.05, 0) is 67.7 Å². The average Bonchev–Trinajstić information content (AvgIpc) is 3.56. The molecule has 0 bridgehead atoms. The number of nitrogens with one attached hydrogen (secondary N) is 2. The van der Waals surface area contributed by atoms with E-state index in [1.165, 1.54) is 10.4 Å². The number of benzene rings is 1. The van der Waals surface area contributed by atoms with Crippen LogP contribution in [0.5, 0.6) is 0 Å². The maximum atomic E-state index is 13.2. The first kappa shape index (κ1) is 23.1. The molecule has 0 saturated carbocycles. The third kappa shape index (κ3) is 4.77. The maximum Gasteiger partial charge on any atom is 0.254 e. The first-order chi connectivity index (χ1) is 16.5. The smallest absolute Gasteiger partial charge is 0.254 e. The Hall–Kier alpha value is -2.64. The number of carbonyl (C=O) groups is 2. The molecule has 6 nitrogen and oxygen atoms in total. The molecule has 34 heavy (non-hydrogen) atoms. The standard InChI is InChI=1S/C27H32N2O4S/c1-16(2)17-9-10-22-21(12-17)18(15-33-22)13-24(30)29-27-25(20-7-3-4-8-23(20)34-27)26(31)28-14-19-6-5-11-32-19/h9-10,12,15-16,19H,3-8,11,13-14H2,1-2H3,(H,28,31)(H,29,30). The van der Waals surface area contributed by atoms with Crippen LogP contribution in [0.1, 0.15) is 77.4 Å². The van der Waals surface area contributed by atoms with Gasteiger partial charge in [0.15, 0.2) is 0 Å². The van der Waals surface area contributed by atoms with Crippen molar-refractivity contribution in [2.45, 2.75) is 70.8 Å². The molecule has 0 radical (unpaired) electrons. The van der Waals surface area contributed by atoms with Gasteiger partial charge in [0.05, 0.1) is 24.4 Å². The summed E-state index contributed by atoms with van der Waals surface area (Å²) in [6.07, 6.45) is 8.01. The van der Waals surface area contributed by atoms with E-state index in [1.54, 1.807) is 17.6 Å². The molecule has 0 spiro atoms. The molecule has 5 rings (SSSR count). The number of furan rings is 1. The van der Waals surface area contributed by atoms with E-state index < -0.39 is 0 Å². The van der Waals surface area contributed by atoms with Gasteiger partial charge in [0.25, 0.3) is 5.91 Å². The van der Waals surface area contributed by atoms with Gasteiger partial charge in [0.1, 0.15) is 10.6 Å². The third-order valence-electron chi connectivity index (χ3n) is 6.86. The summed E-state index contributed by atoms with van der Waals surface area (Å²) in [6.45, 7) is 5.57. The summed E-state index contributed by atoms with van der Waals surface area (Å²) < 4.78 is 11.3. The van der Waals surface area contributed by atoms with Crippen LogP contribution in [0.25, 0.3) is 11.0 Å². The molecule has 3 heterocycles. The van der Waals surface area contributed by atoms with Crippen LogP contribution in [0.3, 0.4) is 0 Å². The predicted octanol–water partition coefficient (Wildman–Crippen LogP) is 5.59. The zero-order chi connectivity index (χ0) is 23.7.